The van der Waals surface area contributed by atoms with Crippen molar-refractivity contribution in [2.45, 2.75) is 343 Å². The molecule has 0 saturated carbocycles. The largest absolute Gasteiger partial charge is 0.472 e. The Morgan fingerprint density at radius 2 is 0.558 bits per heavy atom. The maximum absolute atomic E-state index is 13.0. The number of hydrogen-bond acceptors (Lipinski definition) is 15. The van der Waals surface area contributed by atoms with Gasteiger partial charge in [-0.05, 0) is 49.4 Å². The van der Waals surface area contributed by atoms with Crippen molar-refractivity contribution in [1.82, 2.24) is 0 Å². The van der Waals surface area contributed by atoms with Gasteiger partial charge in [0, 0.05) is 25.7 Å². The normalized spacial score (nSPS) is 14.7. The van der Waals surface area contributed by atoms with Gasteiger partial charge in [0.2, 0.25) is 0 Å². The number of esters is 4. The van der Waals surface area contributed by atoms with Crippen LogP contribution in [0, 0.1) is 23.7 Å². The van der Waals surface area contributed by atoms with Gasteiger partial charge in [0.25, 0.3) is 0 Å². The number of phosphoric ester groups is 2. The molecule has 510 valence electrons. The minimum Gasteiger partial charge on any atom is -0.462 e. The van der Waals surface area contributed by atoms with Crippen LogP contribution in [0.15, 0.2) is 0 Å². The zero-order chi connectivity index (χ0) is 63.9. The van der Waals surface area contributed by atoms with Gasteiger partial charge in [-0.25, -0.2) is 9.13 Å². The highest BCUT2D eigenvalue weighted by Crippen LogP contribution is 2.45. The number of carbonyl (C=O) groups excluding carboxylic acids is 4. The number of carbonyl (C=O) groups is 4. The Balaban J connectivity index is 5.26. The van der Waals surface area contributed by atoms with Crippen molar-refractivity contribution in [3.63, 3.8) is 0 Å². The summed E-state index contributed by atoms with van der Waals surface area (Å²) in [5, 5.41) is 10.6. The zero-order valence-electron chi connectivity index (χ0n) is 55.9. The number of phosphoric acid groups is 2. The Morgan fingerprint density at radius 1 is 0.326 bits per heavy atom. The Morgan fingerprint density at radius 3 is 0.826 bits per heavy atom. The molecule has 0 radical (unpaired) electrons. The van der Waals surface area contributed by atoms with Crippen LogP contribution in [0.3, 0.4) is 0 Å². The molecule has 0 aliphatic carbocycles. The summed E-state index contributed by atoms with van der Waals surface area (Å²) in [4.78, 5) is 72.4. The number of ether oxygens (including phenoxy) is 4. The molecule has 0 aromatic heterocycles. The van der Waals surface area contributed by atoms with Crippen molar-refractivity contribution in [2.75, 3.05) is 39.6 Å². The van der Waals surface area contributed by atoms with Crippen LogP contribution in [0.1, 0.15) is 325 Å². The Hall–Kier alpha value is -1.94. The predicted octanol–water partition coefficient (Wildman–Crippen LogP) is 18.5. The van der Waals surface area contributed by atoms with Crippen molar-refractivity contribution in [3.8, 4) is 0 Å². The molecule has 0 fully saturated rings. The first-order valence-electron chi connectivity index (χ1n) is 34.7. The molecule has 0 aromatic rings. The van der Waals surface area contributed by atoms with Gasteiger partial charge in [0.15, 0.2) is 12.2 Å². The van der Waals surface area contributed by atoms with Crippen LogP contribution in [-0.2, 0) is 65.4 Å². The number of aliphatic hydroxyl groups excluding tert-OH is 1. The maximum atomic E-state index is 13.0. The molecule has 17 nitrogen and oxygen atoms in total. The van der Waals surface area contributed by atoms with Gasteiger partial charge in [-0.15, -0.1) is 0 Å². The third-order valence-electron chi connectivity index (χ3n) is 15.7. The number of unbranched alkanes of at least 4 members (excludes halogenated alkanes) is 29. The summed E-state index contributed by atoms with van der Waals surface area (Å²) in [5.41, 5.74) is 0. The Bertz CT molecular complexity index is 1720. The van der Waals surface area contributed by atoms with E-state index in [2.05, 4.69) is 55.4 Å². The van der Waals surface area contributed by atoms with E-state index in [1.807, 2.05) is 0 Å². The molecule has 86 heavy (non-hydrogen) atoms. The highest BCUT2D eigenvalue weighted by atomic mass is 31.2. The molecule has 3 unspecified atom stereocenters. The fraction of sp³-hybridized carbons (Fsp3) is 0.940. The lowest BCUT2D eigenvalue weighted by Crippen LogP contribution is -2.30. The van der Waals surface area contributed by atoms with Gasteiger partial charge < -0.3 is 33.8 Å². The van der Waals surface area contributed by atoms with Crippen LogP contribution in [-0.4, -0.2) is 96.7 Å². The van der Waals surface area contributed by atoms with E-state index in [1.165, 1.54) is 122 Å². The topological polar surface area (TPSA) is 237 Å². The van der Waals surface area contributed by atoms with Crippen molar-refractivity contribution in [3.05, 3.63) is 0 Å². The molecule has 0 amide bonds. The summed E-state index contributed by atoms with van der Waals surface area (Å²) >= 11 is 0. The molecule has 0 aliphatic rings. The molecule has 0 spiro atoms. The predicted molar refractivity (Wildman–Crippen MR) is 344 cm³/mol. The third kappa shape index (κ3) is 59.7. The second kappa shape index (κ2) is 57.0. The van der Waals surface area contributed by atoms with Crippen LogP contribution < -0.4 is 0 Å². The van der Waals surface area contributed by atoms with Crippen LogP contribution in [0.25, 0.3) is 0 Å². The van der Waals surface area contributed by atoms with E-state index in [0.717, 1.165) is 114 Å². The average molecular weight is 1270 g/mol. The fourth-order valence-electron chi connectivity index (χ4n) is 9.93. The molecule has 0 bridgehead atoms. The van der Waals surface area contributed by atoms with Crippen molar-refractivity contribution in [2.24, 2.45) is 23.7 Å². The second-order valence-electron chi connectivity index (χ2n) is 25.9. The van der Waals surface area contributed by atoms with Crippen molar-refractivity contribution < 1.29 is 80.2 Å². The molecular formula is C67H130O17P2. The lowest BCUT2D eigenvalue weighted by molar-refractivity contribution is -0.161. The first-order valence-corrected chi connectivity index (χ1v) is 37.7. The summed E-state index contributed by atoms with van der Waals surface area (Å²) in [7, 11) is -9.90. The van der Waals surface area contributed by atoms with Gasteiger partial charge >= 0.3 is 39.5 Å². The molecule has 0 aliphatic heterocycles. The highest BCUT2D eigenvalue weighted by molar-refractivity contribution is 7.47. The van der Waals surface area contributed by atoms with E-state index in [-0.39, 0.29) is 25.7 Å². The first-order chi connectivity index (χ1) is 41.1. The molecule has 6 atom stereocenters. The average Bonchev–Trinajstić information content (AvgIpc) is 3.66. The minimum atomic E-state index is -4.95. The summed E-state index contributed by atoms with van der Waals surface area (Å²) < 4.78 is 68.1. The van der Waals surface area contributed by atoms with Crippen molar-refractivity contribution in [1.29, 1.82) is 0 Å². The van der Waals surface area contributed by atoms with E-state index in [9.17, 15) is 43.2 Å². The summed E-state index contributed by atoms with van der Waals surface area (Å²) in [5.74, 6) is 0.804. The van der Waals surface area contributed by atoms with Gasteiger partial charge in [0.05, 0.1) is 26.4 Å². The van der Waals surface area contributed by atoms with Crippen LogP contribution >= 0.6 is 15.6 Å². The standard InChI is InChI=1S/C67H130O17P2/c1-9-60(8)46-38-30-21-16-18-22-31-39-47-64(69)77-53-62(83-66(71)49-41-33-23-14-12-10-11-13-19-27-35-43-57(2)3)55-81-85(73,74)79-51-61(68)52-80-86(75,76)82-56-63(54-78-65(70)48-40-32-26-25-29-37-45-59(6)7)84-67(72)50-42-34-24-17-15-20-28-36-44-58(4)5/h57-63,68H,9-56H2,1-8H3,(H,73,74)(H,75,76)/t60?,61-,62-,63-/m1/s1. The van der Waals surface area contributed by atoms with Crippen LogP contribution in [0.5, 0.6) is 0 Å². The van der Waals surface area contributed by atoms with E-state index >= 15 is 0 Å². The third-order valence-corrected chi connectivity index (χ3v) is 17.6. The smallest absolute Gasteiger partial charge is 0.462 e. The second-order valence-corrected chi connectivity index (χ2v) is 28.8. The van der Waals surface area contributed by atoms with Crippen molar-refractivity contribution >= 4 is 39.5 Å². The summed E-state index contributed by atoms with van der Waals surface area (Å²) in [6.45, 7) is 14.0. The molecule has 0 rings (SSSR count). The Kier molecular flexibility index (Phi) is 55.7. The summed E-state index contributed by atoms with van der Waals surface area (Å²) in [6, 6.07) is 0. The number of aliphatic hydroxyl groups is 1. The van der Waals surface area contributed by atoms with E-state index in [1.54, 1.807) is 0 Å². The lowest BCUT2D eigenvalue weighted by atomic mass is 9.99. The molecule has 3 N–H and O–H groups in total. The molecular weight excluding hydrogens is 1140 g/mol. The summed E-state index contributed by atoms with van der Waals surface area (Å²) in [6.07, 6.45) is 37.7. The fourth-order valence-corrected chi connectivity index (χ4v) is 11.5. The molecule has 0 aromatic carbocycles. The van der Waals surface area contributed by atoms with E-state index in [0.29, 0.717) is 31.6 Å². The van der Waals surface area contributed by atoms with Crippen LogP contribution in [0.4, 0.5) is 0 Å². The zero-order valence-corrected chi connectivity index (χ0v) is 57.7. The van der Waals surface area contributed by atoms with Gasteiger partial charge in [-0.1, -0.05) is 274 Å². The SMILES string of the molecule is CCC(C)CCCCCCCCCCC(=O)OC[C@H](COP(=O)(O)OC[C@@H](O)COP(=O)(O)OC[C@@H](COC(=O)CCCCCCCCC(C)C)OC(=O)CCCCCCCCCCC(C)C)OC(=O)CCCCCCCCCCCCCC(C)C. The number of rotatable bonds is 64. The van der Waals surface area contributed by atoms with E-state index < -0.39 is 97.5 Å². The Labute approximate surface area is 524 Å². The monoisotopic (exact) mass is 1270 g/mol. The number of hydrogen-bond donors (Lipinski definition) is 3. The van der Waals surface area contributed by atoms with Gasteiger partial charge in [0.1, 0.15) is 19.3 Å². The molecule has 19 heteroatoms. The first kappa shape index (κ1) is 84.1. The quantitative estimate of drug-likeness (QED) is 0.0222. The van der Waals surface area contributed by atoms with Gasteiger partial charge in [-0.3, -0.25) is 37.3 Å². The molecule has 0 saturated heterocycles. The van der Waals surface area contributed by atoms with E-state index in [4.69, 9.17) is 37.0 Å². The highest BCUT2D eigenvalue weighted by Gasteiger charge is 2.30. The maximum Gasteiger partial charge on any atom is 0.472 e. The lowest BCUT2D eigenvalue weighted by Gasteiger charge is -2.21. The van der Waals surface area contributed by atoms with Gasteiger partial charge in [-0.2, -0.15) is 0 Å². The minimum absolute atomic E-state index is 0.103. The molecule has 0 heterocycles. The van der Waals surface area contributed by atoms with Crippen LogP contribution in [0.2, 0.25) is 0 Å².